The van der Waals surface area contributed by atoms with Gasteiger partial charge in [0.05, 0.1) is 6.10 Å². The van der Waals surface area contributed by atoms with Crippen molar-refractivity contribution in [3.8, 4) is 0 Å². The van der Waals surface area contributed by atoms with Gasteiger partial charge in [-0.3, -0.25) is 0 Å². The lowest BCUT2D eigenvalue weighted by Gasteiger charge is -2.36. The summed E-state index contributed by atoms with van der Waals surface area (Å²) in [5.74, 6) is 0. The average molecular weight is 213 g/mol. The van der Waals surface area contributed by atoms with Gasteiger partial charge in [0.25, 0.3) is 0 Å². The van der Waals surface area contributed by atoms with Crippen molar-refractivity contribution in [3.05, 3.63) is 0 Å². The third-order valence-electron chi connectivity index (χ3n) is 3.47. The predicted octanol–water partition coefficient (Wildman–Crippen LogP) is 2.71. The summed E-state index contributed by atoms with van der Waals surface area (Å²) in [7, 11) is 0. The second kappa shape index (κ2) is 5.86. The van der Waals surface area contributed by atoms with Crippen molar-refractivity contribution in [1.29, 1.82) is 0 Å². The van der Waals surface area contributed by atoms with Gasteiger partial charge in [-0.1, -0.05) is 33.6 Å². The third kappa shape index (κ3) is 4.98. The lowest BCUT2D eigenvalue weighted by molar-refractivity contribution is 0.138. The Morgan fingerprint density at radius 2 is 2.20 bits per heavy atom. The summed E-state index contributed by atoms with van der Waals surface area (Å²) in [6, 6.07) is 0.625. The molecule has 2 nitrogen and oxygen atoms in total. The molecule has 0 spiro atoms. The summed E-state index contributed by atoms with van der Waals surface area (Å²) >= 11 is 0. The molecular formula is C13H27NO. The average Bonchev–Trinajstić information content (AvgIpc) is 2.14. The van der Waals surface area contributed by atoms with Gasteiger partial charge in [0, 0.05) is 12.6 Å². The molecule has 1 fully saturated rings. The maximum absolute atomic E-state index is 9.65. The first-order chi connectivity index (χ1) is 7.03. The molecule has 0 heterocycles. The third-order valence-corrected chi connectivity index (χ3v) is 3.47. The Morgan fingerprint density at radius 3 is 2.80 bits per heavy atom. The summed E-state index contributed by atoms with van der Waals surface area (Å²) < 4.78 is 0. The molecule has 0 aromatic carbocycles. The molecule has 90 valence electrons. The van der Waals surface area contributed by atoms with Crippen LogP contribution in [0.15, 0.2) is 0 Å². The molecule has 1 rings (SSSR count). The van der Waals surface area contributed by atoms with Crippen molar-refractivity contribution in [2.45, 2.75) is 71.4 Å². The van der Waals surface area contributed by atoms with E-state index in [1.807, 2.05) is 0 Å². The second-order valence-electron chi connectivity index (χ2n) is 5.81. The van der Waals surface area contributed by atoms with Gasteiger partial charge in [-0.25, -0.2) is 0 Å². The highest BCUT2D eigenvalue weighted by Gasteiger charge is 2.27. The highest BCUT2D eigenvalue weighted by Crippen LogP contribution is 2.34. The normalized spacial score (nSPS) is 27.6. The Bertz CT molecular complexity index is 179. The molecular weight excluding hydrogens is 186 g/mol. The lowest BCUT2D eigenvalue weighted by atomic mass is 9.75. The Hall–Kier alpha value is -0.0800. The van der Waals surface area contributed by atoms with E-state index in [4.69, 9.17) is 0 Å². The van der Waals surface area contributed by atoms with Crippen LogP contribution in [0.1, 0.15) is 59.3 Å². The summed E-state index contributed by atoms with van der Waals surface area (Å²) in [6.07, 6.45) is 7.05. The monoisotopic (exact) mass is 213 g/mol. The lowest BCUT2D eigenvalue weighted by Crippen LogP contribution is -2.40. The van der Waals surface area contributed by atoms with E-state index in [0.717, 1.165) is 19.4 Å². The first-order valence-electron chi connectivity index (χ1n) is 6.45. The molecule has 2 heteroatoms. The maximum atomic E-state index is 9.65. The molecule has 1 aliphatic rings. The molecule has 1 aliphatic carbocycles. The van der Waals surface area contributed by atoms with Crippen LogP contribution < -0.4 is 5.32 Å². The van der Waals surface area contributed by atoms with Gasteiger partial charge in [0.1, 0.15) is 0 Å². The SMILES string of the molecule is CCCC(O)CNC1CCCC(C)(C)C1. The van der Waals surface area contributed by atoms with E-state index in [9.17, 15) is 5.11 Å². The summed E-state index contributed by atoms with van der Waals surface area (Å²) in [5, 5.41) is 13.2. The van der Waals surface area contributed by atoms with Crippen molar-refractivity contribution in [2.24, 2.45) is 5.41 Å². The van der Waals surface area contributed by atoms with E-state index >= 15 is 0 Å². The van der Waals surface area contributed by atoms with Gasteiger partial charge in [0.2, 0.25) is 0 Å². The van der Waals surface area contributed by atoms with Crippen molar-refractivity contribution < 1.29 is 5.11 Å². The molecule has 1 saturated carbocycles. The van der Waals surface area contributed by atoms with Gasteiger partial charge in [-0.05, 0) is 31.1 Å². The van der Waals surface area contributed by atoms with Crippen LogP contribution in [0.3, 0.4) is 0 Å². The van der Waals surface area contributed by atoms with Gasteiger partial charge in [0.15, 0.2) is 0 Å². The number of aliphatic hydroxyl groups excluding tert-OH is 1. The zero-order chi connectivity index (χ0) is 11.3. The highest BCUT2D eigenvalue weighted by atomic mass is 16.3. The maximum Gasteiger partial charge on any atom is 0.0664 e. The van der Waals surface area contributed by atoms with Gasteiger partial charge in [-0.2, -0.15) is 0 Å². The minimum atomic E-state index is -0.153. The zero-order valence-electron chi connectivity index (χ0n) is 10.6. The van der Waals surface area contributed by atoms with Crippen molar-refractivity contribution in [2.75, 3.05) is 6.54 Å². The predicted molar refractivity (Wildman–Crippen MR) is 65.0 cm³/mol. The summed E-state index contributed by atoms with van der Waals surface area (Å²) in [5.41, 5.74) is 0.492. The van der Waals surface area contributed by atoms with Gasteiger partial charge >= 0.3 is 0 Å². The first-order valence-corrected chi connectivity index (χ1v) is 6.45. The van der Waals surface area contributed by atoms with E-state index in [2.05, 4.69) is 26.1 Å². The molecule has 0 aromatic heterocycles. The first kappa shape index (κ1) is 13.0. The molecule has 15 heavy (non-hydrogen) atoms. The molecule has 0 amide bonds. The Kier molecular flexibility index (Phi) is 5.07. The zero-order valence-corrected chi connectivity index (χ0v) is 10.6. The molecule has 0 saturated heterocycles. The van der Waals surface area contributed by atoms with E-state index in [-0.39, 0.29) is 6.10 Å². The van der Waals surface area contributed by atoms with Crippen LogP contribution in [-0.4, -0.2) is 23.8 Å². The molecule has 0 aromatic rings. The van der Waals surface area contributed by atoms with Crippen molar-refractivity contribution in [3.63, 3.8) is 0 Å². The smallest absolute Gasteiger partial charge is 0.0664 e. The van der Waals surface area contributed by atoms with E-state index in [0.29, 0.717) is 11.5 Å². The Morgan fingerprint density at radius 1 is 1.47 bits per heavy atom. The minimum Gasteiger partial charge on any atom is -0.392 e. The Balaban J connectivity index is 2.21. The number of nitrogens with one attached hydrogen (secondary N) is 1. The van der Waals surface area contributed by atoms with Gasteiger partial charge < -0.3 is 10.4 Å². The molecule has 0 bridgehead atoms. The fourth-order valence-corrected chi connectivity index (χ4v) is 2.61. The van der Waals surface area contributed by atoms with Crippen LogP contribution >= 0.6 is 0 Å². The molecule has 2 unspecified atom stereocenters. The van der Waals surface area contributed by atoms with E-state index in [1.165, 1.54) is 25.7 Å². The summed E-state index contributed by atoms with van der Waals surface area (Å²) in [4.78, 5) is 0. The van der Waals surface area contributed by atoms with E-state index in [1.54, 1.807) is 0 Å². The number of hydrogen-bond acceptors (Lipinski definition) is 2. The van der Waals surface area contributed by atoms with Gasteiger partial charge in [-0.15, -0.1) is 0 Å². The number of aliphatic hydroxyl groups is 1. The van der Waals surface area contributed by atoms with Crippen molar-refractivity contribution in [1.82, 2.24) is 5.32 Å². The molecule has 2 atom stereocenters. The highest BCUT2D eigenvalue weighted by molar-refractivity contribution is 4.83. The molecule has 2 N–H and O–H groups in total. The minimum absolute atomic E-state index is 0.153. The van der Waals surface area contributed by atoms with Crippen LogP contribution in [0.25, 0.3) is 0 Å². The number of hydrogen-bond donors (Lipinski definition) is 2. The molecule has 0 aliphatic heterocycles. The largest absolute Gasteiger partial charge is 0.392 e. The van der Waals surface area contributed by atoms with Crippen LogP contribution in [0, 0.1) is 5.41 Å². The fraction of sp³-hybridized carbons (Fsp3) is 1.00. The fourth-order valence-electron chi connectivity index (χ4n) is 2.61. The second-order valence-corrected chi connectivity index (χ2v) is 5.81. The van der Waals surface area contributed by atoms with E-state index < -0.39 is 0 Å². The Labute approximate surface area is 94.5 Å². The number of rotatable bonds is 5. The van der Waals surface area contributed by atoms with Crippen LogP contribution in [-0.2, 0) is 0 Å². The quantitative estimate of drug-likeness (QED) is 0.736. The summed E-state index contributed by atoms with van der Waals surface area (Å²) in [6.45, 7) is 7.59. The van der Waals surface area contributed by atoms with Crippen LogP contribution in [0.4, 0.5) is 0 Å². The standard InChI is InChI=1S/C13H27NO/c1-4-6-12(15)10-14-11-7-5-8-13(2,3)9-11/h11-12,14-15H,4-10H2,1-3H3. The topological polar surface area (TPSA) is 32.3 Å². The van der Waals surface area contributed by atoms with Crippen LogP contribution in [0.2, 0.25) is 0 Å². The molecule has 0 radical (unpaired) electrons. The van der Waals surface area contributed by atoms with Crippen molar-refractivity contribution >= 4 is 0 Å². The van der Waals surface area contributed by atoms with Crippen LogP contribution in [0.5, 0.6) is 0 Å².